The Morgan fingerprint density at radius 3 is 1.82 bits per heavy atom. The summed E-state index contributed by atoms with van der Waals surface area (Å²) in [4.78, 5) is 0. The maximum atomic E-state index is 3.65. The van der Waals surface area contributed by atoms with Crippen LogP contribution in [0.3, 0.4) is 0 Å². The standard InChI is InChI=1S/C32H57N/c1-4-6-8-10-12-13-15-17-29-18-20-30(21-19-29)22-23-31-24-25-32(27-28(31)3)33-26-16-14-11-9-7-5-2/h24-25,27,29-30,33H,4-23,26H2,1-3H3. The Bertz CT molecular complexity index is 584. The number of benzene rings is 1. The Kier molecular flexibility index (Phi) is 15.7. The van der Waals surface area contributed by atoms with Crippen LogP contribution in [-0.2, 0) is 6.42 Å². The molecular weight excluding hydrogens is 398 g/mol. The average Bonchev–Trinajstić information content (AvgIpc) is 2.83. The molecular formula is C32H57N. The van der Waals surface area contributed by atoms with Crippen molar-refractivity contribution in [2.24, 2.45) is 11.8 Å². The van der Waals surface area contributed by atoms with Crippen LogP contribution in [-0.4, -0.2) is 6.54 Å². The van der Waals surface area contributed by atoms with Crippen LogP contribution in [0, 0.1) is 18.8 Å². The minimum atomic E-state index is 0.972. The van der Waals surface area contributed by atoms with E-state index in [2.05, 4.69) is 44.3 Å². The van der Waals surface area contributed by atoms with Gasteiger partial charge in [0, 0.05) is 12.2 Å². The van der Waals surface area contributed by atoms with Crippen molar-refractivity contribution in [3.63, 3.8) is 0 Å². The summed E-state index contributed by atoms with van der Waals surface area (Å²) in [5.74, 6) is 2.01. The molecule has 0 atom stereocenters. The summed E-state index contributed by atoms with van der Waals surface area (Å²) in [6, 6.07) is 7.09. The van der Waals surface area contributed by atoms with Crippen LogP contribution in [0.4, 0.5) is 5.69 Å². The molecule has 1 nitrogen and oxygen atoms in total. The quantitative estimate of drug-likeness (QED) is 0.204. The molecule has 0 heterocycles. The van der Waals surface area contributed by atoms with E-state index in [-0.39, 0.29) is 0 Å². The van der Waals surface area contributed by atoms with Gasteiger partial charge >= 0.3 is 0 Å². The summed E-state index contributed by atoms with van der Waals surface area (Å²) < 4.78 is 0. The zero-order valence-electron chi connectivity index (χ0n) is 22.7. The number of rotatable bonds is 19. The average molecular weight is 456 g/mol. The fourth-order valence-corrected chi connectivity index (χ4v) is 5.78. The van der Waals surface area contributed by atoms with Gasteiger partial charge in [0.1, 0.15) is 0 Å². The Labute approximate surface area is 207 Å². The molecule has 33 heavy (non-hydrogen) atoms. The van der Waals surface area contributed by atoms with Crippen LogP contribution in [0.5, 0.6) is 0 Å². The van der Waals surface area contributed by atoms with Crippen molar-refractivity contribution in [1.29, 1.82) is 0 Å². The first-order valence-electron chi connectivity index (χ1n) is 15.1. The Morgan fingerprint density at radius 1 is 0.667 bits per heavy atom. The summed E-state index contributed by atoms with van der Waals surface area (Å²) in [5, 5.41) is 3.65. The monoisotopic (exact) mass is 455 g/mol. The lowest BCUT2D eigenvalue weighted by Gasteiger charge is -2.28. The Balaban J connectivity index is 1.54. The lowest BCUT2D eigenvalue weighted by atomic mass is 9.77. The molecule has 1 aliphatic carbocycles. The zero-order chi connectivity index (χ0) is 23.6. The van der Waals surface area contributed by atoms with Crippen molar-refractivity contribution in [3.8, 4) is 0 Å². The number of hydrogen-bond donors (Lipinski definition) is 1. The molecule has 0 radical (unpaired) electrons. The highest BCUT2D eigenvalue weighted by Crippen LogP contribution is 2.34. The minimum Gasteiger partial charge on any atom is -0.385 e. The summed E-state index contributed by atoms with van der Waals surface area (Å²) in [6.45, 7) is 8.03. The number of anilines is 1. The third kappa shape index (κ3) is 12.9. The van der Waals surface area contributed by atoms with E-state index in [1.807, 2.05) is 0 Å². The second-order valence-corrected chi connectivity index (χ2v) is 11.2. The fourth-order valence-electron chi connectivity index (χ4n) is 5.78. The maximum absolute atomic E-state index is 3.65. The first kappa shape index (κ1) is 28.3. The molecule has 1 heteroatoms. The van der Waals surface area contributed by atoms with Crippen molar-refractivity contribution < 1.29 is 0 Å². The van der Waals surface area contributed by atoms with E-state index >= 15 is 0 Å². The van der Waals surface area contributed by atoms with Gasteiger partial charge in [-0.25, -0.2) is 0 Å². The molecule has 0 unspecified atom stereocenters. The van der Waals surface area contributed by atoms with Gasteiger partial charge in [-0.15, -0.1) is 0 Å². The topological polar surface area (TPSA) is 12.0 Å². The van der Waals surface area contributed by atoms with Crippen LogP contribution in [0.2, 0.25) is 0 Å². The van der Waals surface area contributed by atoms with Crippen molar-refractivity contribution in [2.45, 2.75) is 149 Å². The number of unbranched alkanes of at least 4 members (excludes halogenated alkanes) is 11. The van der Waals surface area contributed by atoms with E-state index in [0.717, 1.165) is 18.4 Å². The van der Waals surface area contributed by atoms with Crippen molar-refractivity contribution in [3.05, 3.63) is 29.3 Å². The van der Waals surface area contributed by atoms with Gasteiger partial charge < -0.3 is 5.32 Å². The molecule has 2 rings (SSSR count). The highest BCUT2D eigenvalue weighted by molar-refractivity contribution is 5.48. The third-order valence-electron chi connectivity index (χ3n) is 8.21. The van der Waals surface area contributed by atoms with Gasteiger partial charge in [-0.2, -0.15) is 0 Å². The summed E-state index contributed by atoms with van der Waals surface area (Å²) in [7, 11) is 0. The Morgan fingerprint density at radius 2 is 1.21 bits per heavy atom. The normalized spacial score (nSPS) is 18.5. The van der Waals surface area contributed by atoms with Gasteiger partial charge in [0.05, 0.1) is 0 Å². The van der Waals surface area contributed by atoms with E-state index in [9.17, 15) is 0 Å². The van der Waals surface area contributed by atoms with E-state index in [4.69, 9.17) is 0 Å². The smallest absolute Gasteiger partial charge is 0.0343 e. The van der Waals surface area contributed by atoms with Crippen LogP contribution in [0.1, 0.15) is 147 Å². The molecule has 0 aliphatic heterocycles. The van der Waals surface area contributed by atoms with Gasteiger partial charge in [-0.1, -0.05) is 129 Å². The van der Waals surface area contributed by atoms with Crippen LogP contribution in [0.15, 0.2) is 18.2 Å². The molecule has 0 saturated heterocycles. The predicted octanol–water partition coefficient (Wildman–Crippen LogP) is 10.6. The third-order valence-corrected chi connectivity index (χ3v) is 8.21. The van der Waals surface area contributed by atoms with Crippen molar-refractivity contribution in [2.75, 3.05) is 11.9 Å². The van der Waals surface area contributed by atoms with Gasteiger partial charge in [0.25, 0.3) is 0 Å². The summed E-state index contributed by atoms with van der Waals surface area (Å²) in [6.07, 6.45) is 28.5. The maximum Gasteiger partial charge on any atom is 0.0343 e. The molecule has 0 aromatic heterocycles. The van der Waals surface area contributed by atoms with Crippen LogP contribution >= 0.6 is 0 Å². The molecule has 0 spiro atoms. The fraction of sp³-hybridized carbons (Fsp3) is 0.812. The van der Waals surface area contributed by atoms with Gasteiger partial charge in [-0.3, -0.25) is 0 Å². The number of nitrogens with one attached hydrogen (secondary N) is 1. The highest BCUT2D eigenvalue weighted by atomic mass is 14.9. The van der Waals surface area contributed by atoms with Crippen LogP contribution in [0.25, 0.3) is 0 Å². The molecule has 190 valence electrons. The number of aryl methyl sites for hydroxylation is 2. The molecule has 0 amide bonds. The molecule has 0 bridgehead atoms. The molecule has 1 aliphatic rings. The van der Waals surface area contributed by atoms with Gasteiger partial charge in [0.2, 0.25) is 0 Å². The minimum absolute atomic E-state index is 0.972. The van der Waals surface area contributed by atoms with Crippen molar-refractivity contribution in [1.82, 2.24) is 0 Å². The molecule has 1 N–H and O–H groups in total. The van der Waals surface area contributed by atoms with E-state index in [1.54, 1.807) is 5.56 Å². The van der Waals surface area contributed by atoms with Crippen molar-refractivity contribution >= 4 is 5.69 Å². The first-order valence-corrected chi connectivity index (χ1v) is 15.1. The lowest BCUT2D eigenvalue weighted by Crippen LogP contribution is -2.15. The molecule has 1 aromatic carbocycles. The molecule has 1 saturated carbocycles. The van der Waals surface area contributed by atoms with Crippen LogP contribution < -0.4 is 5.32 Å². The largest absolute Gasteiger partial charge is 0.385 e. The molecule has 1 aromatic rings. The van der Waals surface area contributed by atoms with E-state index < -0.39 is 0 Å². The van der Waals surface area contributed by atoms with Gasteiger partial charge in [0.15, 0.2) is 0 Å². The van der Waals surface area contributed by atoms with E-state index in [1.165, 1.54) is 140 Å². The zero-order valence-corrected chi connectivity index (χ0v) is 22.7. The molecule has 1 fully saturated rings. The Hall–Kier alpha value is -0.980. The summed E-state index contributed by atoms with van der Waals surface area (Å²) >= 11 is 0. The number of hydrogen-bond acceptors (Lipinski definition) is 1. The second kappa shape index (κ2) is 18.4. The second-order valence-electron chi connectivity index (χ2n) is 11.2. The van der Waals surface area contributed by atoms with Gasteiger partial charge in [-0.05, 0) is 61.3 Å². The highest BCUT2D eigenvalue weighted by Gasteiger charge is 2.20. The predicted molar refractivity (Wildman–Crippen MR) is 149 cm³/mol. The van der Waals surface area contributed by atoms with E-state index in [0.29, 0.717) is 0 Å². The summed E-state index contributed by atoms with van der Waals surface area (Å²) in [5.41, 5.74) is 4.37. The SMILES string of the molecule is CCCCCCCCCC1CCC(CCc2ccc(NCCCCCCCC)cc2C)CC1. The first-order chi connectivity index (χ1) is 16.2. The lowest BCUT2D eigenvalue weighted by molar-refractivity contribution is 0.248.